The second kappa shape index (κ2) is 11.6. The molecule has 6 heteroatoms. The Balaban J connectivity index is 1.44. The number of sulfonamides is 1. The van der Waals surface area contributed by atoms with E-state index in [4.69, 9.17) is 0 Å². The average Bonchev–Trinajstić information content (AvgIpc) is 2.94. The van der Waals surface area contributed by atoms with Crippen LogP contribution in [0.25, 0.3) is 0 Å². The van der Waals surface area contributed by atoms with Gasteiger partial charge in [0.2, 0.25) is 0 Å². The van der Waals surface area contributed by atoms with E-state index in [9.17, 15) is 8.42 Å². The fourth-order valence-electron chi connectivity index (χ4n) is 4.08. The van der Waals surface area contributed by atoms with Gasteiger partial charge in [0.15, 0.2) is 0 Å². The Morgan fingerprint density at radius 1 is 0.658 bits per heavy atom. The van der Waals surface area contributed by atoms with E-state index in [1.54, 1.807) is 48.7 Å². The fraction of sp³-hybridized carbons (Fsp3) is 0.0312. The molecule has 0 saturated heterocycles. The van der Waals surface area contributed by atoms with Crippen LogP contribution in [0.5, 0.6) is 0 Å². The van der Waals surface area contributed by atoms with Crippen LogP contribution in [0.3, 0.4) is 0 Å². The Morgan fingerprint density at radius 2 is 1.24 bits per heavy atom. The number of nitrogens with one attached hydrogen (secondary N) is 1. The molecule has 38 heavy (non-hydrogen) atoms. The number of aryl methyl sites for hydroxylation is 1. The summed E-state index contributed by atoms with van der Waals surface area (Å²) in [6, 6.07) is 43.4. The molecule has 0 unspecified atom stereocenters. The van der Waals surface area contributed by atoms with Crippen molar-refractivity contribution in [2.24, 2.45) is 4.99 Å². The predicted octanol–water partition coefficient (Wildman–Crippen LogP) is 6.30. The van der Waals surface area contributed by atoms with Gasteiger partial charge in [-0.3, -0.25) is 9.71 Å². The summed E-state index contributed by atoms with van der Waals surface area (Å²) in [7, 11) is -4.47. The molecule has 188 valence electrons. The van der Waals surface area contributed by atoms with Crippen molar-refractivity contribution < 1.29 is 8.42 Å². The molecule has 0 radical (unpaired) electrons. The molecule has 4 nitrogen and oxygen atoms in total. The second-order valence-electron chi connectivity index (χ2n) is 8.80. The fourth-order valence-corrected chi connectivity index (χ4v) is 7.51. The van der Waals surface area contributed by atoms with Gasteiger partial charge in [0.25, 0.3) is 10.0 Å². The summed E-state index contributed by atoms with van der Waals surface area (Å²) in [6.07, 6.45) is 1.78. The van der Waals surface area contributed by atoms with Crippen LogP contribution in [0.15, 0.2) is 143 Å². The Hall–Kier alpha value is -4.05. The number of hydrogen-bond acceptors (Lipinski definition) is 3. The highest BCUT2D eigenvalue weighted by Crippen LogP contribution is 2.33. The molecule has 0 aliphatic carbocycles. The van der Waals surface area contributed by atoms with Gasteiger partial charge in [-0.05, 0) is 66.7 Å². The molecule has 5 aromatic rings. The smallest absolute Gasteiger partial charge is 0.261 e. The molecule has 0 bridgehead atoms. The summed E-state index contributed by atoms with van der Waals surface area (Å²) < 4.78 is 28.6. The van der Waals surface area contributed by atoms with Crippen molar-refractivity contribution in [2.75, 3.05) is 4.72 Å². The molecule has 0 saturated carbocycles. The summed E-state index contributed by atoms with van der Waals surface area (Å²) in [5.74, 6) is 0. The molecule has 0 atom stereocenters. The minimum atomic E-state index is -3.74. The molecule has 0 aromatic heterocycles. The van der Waals surface area contributed by atoms with Crippen LogP contribution in [0.2, 0.25) is 0 Å². The third kappa shape index (κ3) is 6.08. The highest BCUT2D eigenvalue weighted by molar-refractivity contribution is 7.92. The summed E-state index contributed by atoms with van der Waals surface area (Å²) in [5, 5.41) is 3.77. The molecule has 5 rings (SSSR count). The summed E-state index contributed by atoms with van der Waals surface area (Å²) in [6.45, 7) is 1.92. The minimum Gasteiger partial charge on any atom is -0.277 e. The molecule has 0 amide bonds. The summed E-state index contributed by atoms with van der Waals surface area (Å²) in [4.78, 5) is 4.88. The summed E-state index contributed by atoms with van der Waals surface area (Å²) >= 11 is 0. The van der Waals surface area contributed by atoms with Crippen molar-refractivity contribution in [1.82, 2.24) is 0 Å². The zero-order valence-electron chi connectivity index (χ0n) is 20.9. The van der Waals surface area contributed by atoms with E-state index in [-0.39, 0.29) is 4.90 Å². The maximum atomic E-state index is 13.0. The van der Waals surface area contributed by atoms with Gasteiger partial charge < -0.3 is 0 Å². The van der Waals surface area contributed by atoms with Gasteiger partial charge in [-0.25, -0.2) is 8.42 Å². The zero-order chi connectivity index (χ0) is 26.4. The maximum absolute atomic E-state index is 13.0. The monoisotopic (exact) mass is 534 g/mol. The normalized spacial score (nSPS) is 11.6. The highest BCUT2D eigenvalue weighted by Gasteiger charge is 2.17. The van der Waals surface area contributed by atoms with E-state index in [0.717, 1.165) is 11.1 Å². The third-order valence-corrected chi connectivity index (χ3v) is 9.79. The molecular weight excluding hydrogens is 507 g/mol. The van der Waals surface area contributed by atoms with Gasteiger partial charge in [-0.15, -0.1) is 0 Å². The van der Waals surface area contributed by atoms with Crippen LogP contribution in [0.1, 0.15) is 11.1 Å². The van der Waals surface area contributed by atoms with Gasteiger partial charge in [0.1, 0.15) is 0 Å². The van der Waals surface area contributed by atoms with Crippen LogP contribution in [0.4, 0.5) is 11.4 Å². The van der Waals surface area contributed by atoms with Crippen LogP contribution < -0.4 is 20.6 Å². The number of nitrogens with zero attached hydrogens (tertiary/aromatic N) is 1. The molecule has 0 spiro atoms. The third-order valence-electron chi connectivity index (χ3n) is 5.99. The van der Waals surface area contributed by atoms with Crippen molar-refractivity contribution in [3.05, 3.63) is 145 Å². The van der Waals surface area contributed by atoms with Gasteiger partial charge >= 0.3 is 0 Å². The zero-order valence-corrected chi connectivity index (χ0v) is 22.6. The number of para-hydroxylation sites is 2. The van der Waals surface area contributed by atoms with Crippen LogP contribution in [-0.2, 0) is 10.0 Å². The van der Waals surface area contributed by atoms with Crippen molar-refractivity contribution in [3.63, 3.8) is 0 Å². The largest absolute Gasteiger partial charge is 0.277 e. The van der Waals surface area contributed by atoms with E-state index in [1.807, 2.05) is 37.3 Å². The molecule has 5 aromatic carbocycles. The number of hydrogen-bond donors (Lipinski definition) is 1. The number of rotatable bonds is 8. The van der Waals surface area contributed by atoms with Crippen molar-refractivity contribution >= 4 is 51.4 Å². The van der Waals surface area contributed by atoms with E-state index >= 15 is 0 Å². The van der Waals surface area contributed by atoms with E-state index < -0.39 is 17.9 Å². The first-order valence-electron chi connectivity index (χ1n) is 12.2. The molecule has 0 aliphatic rings. The lowest BCUT2D eigenvalue weighted by Gasteiger charge is -2.19. The number of benzene rings is 5. The quantitative estimate of drug-likeness (QED) is 0.188. The predicted molar refractivity (Wildman–Crippen MR) is 161 cm³/mol. The minimum absolute atomic E-state index is 0.213. The first-order valence-corrected chi connectivity index (χ1v) is 15.0. The molecule has 1 N–H and O–H groups in total. The van der Waals surface area contributed by atoms with E-state index in [2.05, 4.69) is 70.4 Å². The molecule has 0 heterocycles. The average molecular weight is 535 g/mol. The Labute approximate surface area is 225 Å². The summed E-state index contributed by atoms with van der Waals surface area (Å²) in [5.41, 5.74) is 2.91. The topological polar surface area (TPSA) is 58.5 Å². The van der Waals surface area contributed by atoms with E-state index in [1.165, 1.54) is 15.9 Å². The molecule has 0 aliphatic heterocycles. The van der Waals surface area contributed by atoms with E-state index in [0.29, 0.717) is 11.4 Å². The second-order valence-corrected chi connectivity index (χ2v) is 12.7. The SMILES string of the molecule is Cc1ccc(S(=O)(=O)Nc2ccccc2N=Cc2cccc(P(c3ccccc3)c3ccccc3)c2)cc1. The Bertz CT molecular complexity index is 1610. The first-order chi connectivity index (χ1) is 18.5. The van der Waals surface area contributed by atoms with Crippen molar-refractivity contribution in [3.8, 4) is 0 Å². The lowest BCUT2D eigenvalue weighted by Crippen LogP contribution is -2.20. The lowest BCUT2D eigenvalue weighted by molar-refractivity contribution is 0.601. The first kappa shape index (κ1) is 25.6. The maximum Gasteiger partial charge on any atom is 0.261 e. The van der Waals surface area contributed by atoms with Crippen molar-refractivity contribution in [2.45, 2.75) is 11.8 Å². The van der Waals surface area contributed by atoms with Gasteiger partial charge in [-0.1, -0.05) is 109 Å². The Morgan fingerprint density at radius 3 is 1.89 bits per heavy atom. The highest BCUT2D eigenvalue weighted by atomic mass is 32.2. The Kier molecular flexibility index (Phi) is 7.78. The van der Waals surface area contributed by atoms with Crippen LogP contribution in [0, 0.1) is 6.92 Å². The lowest BCUT2D eigenvalue weighted by atomic mass is 10.2. The van der Waals surface area contributed by atoms with Gasteiger partial charge in [0, 0.05) is 6.21 Å². The number of aliphatic imine (C=N–C) groups is 1. The van der Waals surface area contributed by atoms with Crippen LogP contribution in [-0.4, -0.2) is 14.6 Å². The molecule has 0 fully saturated rings. The van der Waals surface area contributed by atoms with Gasteiger partial charge in [0.05, 0.1) is 16.3 Å². The van der Waals surface area contributed by atoms with Gasteiger partial charge in [-0.2, -0.15) is 0 Å². The standard InChI is InChI=1S/C32H27N2O2PS/c1-25-19-21-30(22-20-25)38(35,36)34-32-18-9-8-17-31(32)33-24-26-11-10-16-29(23-26)37(27-12-4-2-5-13-27)28-14-6-3-7-15-28/h2-24,34H,1H3. The van der Waals surface area contributed by atoms with Crippen LogP contribution >= 0.6 is 7.92 Å². The number of anilines is 1. The molecular formula is C32H27N2O2PS. The van der Waals surface area contributed by atoms with Crippen molar-refractivity contribution in [1.29, 1.82) is 0 Å².